The van der Waals surface area contributed by atoms with Crippen molar-refractivity contribution in [2.24, 2.45) is 0 Å². The molecule has 0 radical (unpaired) electrons. The van der Waals surface area contributed by atoms with E-state index in [-0.39, 0.29) is 5.82 Å². The molecular formula is C13H14BrFN2. The number of imidazole rings is 1. The Bertz CT molecular complexity index is 570. The molecular weight excluding hydrogens is 283 g/mol. The van der Waals surface area contributed by atoms with Crippen LogP contribution in [-0.2, 0) is 0 Å². The molecule has 1 aromatic carbocycles. The quantitative estimate of drug-likeness (QED) is 0.764. The Labute approximate surface area is 108 Å². The third-order valence-corrected chi connectivity index (χ3v) is 4.21. The third kappa shape index (κ3) is 1.79. The van der Waals surface area contributed by atoms with Gasteiger partial charge in [-0.15, -0.1) is 0 Å². The largest absolute Gasteiger partial charge is 0.325 e. The van der Waals surface area contributed by atoms with E-state index in [0.717, 1.165) is 16.9 Å². The zero-order valence-electron chi connectivity index (χ0n) is 9.71. The minimum atomic E-state index is -0.211. The van der Waals surface area contributed by atoms with Gasteiger partial charge in [-0.1, -0.05) is 12.8 Å². The highest BCUT2D eigenvalue weighted by molar-refractivity contribution is 9.10. The summed E-state index contributed by atoms with van der Waals surface area (Å²) < 4.78 is 16.3. The maximum atomic E-state index is 13.6. The van der Waals surface area contributed by atoms with Crippen LogP contribution in [0.3, 0.4) is 0 Å². The smallest absolute Gasteiger partial charge is 0.139 e. The SMILES string of the molecule is Cc1nc2cc(Br)c(F)cc2n1C1CCCC1. The van der Waals surface area contributed by atoms with E-state index in [2.05, 4.69) is 25.5 Å². The number of hydrogen-bond acceptors (Lipinski definition) is 1. The van der Waals surface area contributed by atoms with E-state index in [1.54, 1.807) is 12.1 Å². The molecule has 90 valence electrons. The van der Waals surface area contributed by atoms with Crippen LogP contribution in [0.5, 0.6) is 0 Å². The van der Waals surface area contributed by atoms with E-state index in [4.69, 9.17) is 0 Å². The number of hydrogen-bond donors (Lipinski definition) is 0. The van der Waals surface area contributed by atoms with Crippen molar-refractivity contribution in [2.75, 3.05) is 0 Å². The van der Waals surface area contributed by atoms with Crippen LogP contribution in [0.4, 0.5) is 4.39 Å². The standard InChI is InChI=1S/C13H14BrFN2/c1-8-16-12-6-10(14)11(15)7-13(12)17(8)9-4-2-3-5-9/h6-7,9H,2-5H2,1H3. The second-order valence-corrected chi connectivity index (χ2v) is 5.58. The lowest BCUT2D eigenvalue weighted by Gasteiger charge is -2.14. The van der Waals surface area contributed by atoms with Crippen LogP contribution in [-0.4, -0.2) is 9.55 Å². The molecule has 0 unspecified atom stereocenters. The maximum Gasteiger partial charge on any atom is 0.139 e. The van der Waals surface area contributed by atoms with Gasteiger partial charge in [0.25, 0.3) is 0 Å². The number of nitrogens with zero attached hydrogens (tertiary/aromatic N) is 2. The maximum absolute atomic E-state index is 13.6. The first-order chi connectivity index (χ1) is 8.16. The first-order valence-corrected chi connectivity index (χ1v) is 6.79. The zero-order valence-corrected chi connectivity index (χ0v) is 11.3. The summed E-state index contributed by atoms with van der Waals surface area (Å²) in [6, 6.07) is 3.86. The monoisotopic (exact) mass is 296 g/mol. The van der Waals surface area contributed by atoms with Gasteiger partial charge in [-0.3, -0.25) is 0 Å². The summed E-state index contributed by atoms with van der Waals surface area (Å²) in [6.07, 6.45) is 4.90. The molecule has 1 aliphatic rings. The van der Waals surface area contributed by atoms with Crippen LogP contribution in [0.1, 0.15) is 37.5 Å². The molecule has 2 aromatic rings. The van der Waals surface area contributed by atoms with Crippen molar-refractivity contribution < 1.29 is 4.39 Å². The molecule has 1 aliphatic carbocycles. The van der Waals surface area contributed by atoms with Gasteiger partial charge in [0.15, 0.2) is 0 Å². The molecule has 0 spiro atoms. The number of aryl methyl sites for hydroxylation is 1. The minimum Gasteiger partial charge on any atom is -0.325 e. The summed E-state index contributed by atoms with van der Waals surface area (Å²) in [7, 11) is 0. The van der Waals surface area contributed by atoms with Crippen molar-refractivity contribution in [3.05, 3.63) is 28.2 Å². The fourth-order valence-electron chi connectivity index (χ4n) is 2.83. The topological polar surface area (TPSA) is 17.8 Å². The van der Waals surface area contributed by atoms with Gasteiger partial charge < -0.3 is 4.57 Å². The molecule has 0 amide bonds. The molecule has 17 heavy (non-hydrogen) atoms. The Hall–Kier alpha value is -0.900. The molecule has 1 fully saturated rings. The molecule has 0 aliphatic heterocycles. The third-order valence-electron chi connectivity index (χ3n) is 3.60. The van der Waals surface area contributed by atoms with Crippen LogP contribution in [0.25, 0.3) is 11.0 Å². The number of aromatic nitrogens is 2. The van der Waals surface area contributed by atoms with E-state index in [9.17, 15) is 4.39 Å². The Morgan fingerprint density at radius 2 is 2.06 bits per heavy atom. The number of benzene rings is 1. The van der Waals surface area contributed by atoms with Gasteiger partial charge in [0.1, 0.15) is 11.6 Å². The second-order valence-electron chi connectivity index (χ2n) is 4.72. The van der Waals surface area contributed by atoms with Crippen molar-refractivity contribution in [3.63, 3.8) is 0 Å². The molecule has 4 heteroatoms. The zero-order chi connectivity index (χ0) is 12.0. The van der Waals surface area contributed by atoms with Gasteiger partial charge in [-0.25, -0.2) is 9.37 Å². The highest BCUT2D eigenvalue weighted by atomic mass is 79.9. The Morgan fingerprint density at radius 1 is 1.35 bits per heavy atom. The first-order valence-electron chi connectivity index (χ1n) is 6.00. The highest BCUT2D eigenvalue weighted by Crippen LogP contribution is 2.34. The number of halogens is 2. The molecule has 2 nitrogen and oxygen atoms in total. The molecule has 3 rings (SSSR count). The van der Waals surface area contributed by atoms with Crippen LogP contribution in [0.2, 0.25) is 0 Å². The van der Waals surface area contributed by atoms with Gasteiger partial charge in [0.2, 0.25) is 0 Å². The predicted molar refractivity (Wildman–Crippen MR) is 69.6 cm³/mol. The Balaban J connectivity index is 2.22. The van der Waals surface area contributed by atoms with Crippen molar-refractivity contribution in [3.8, 4) is 0 Å². The minimum absolute atomic E-state index is 0.211. The molecule has 0 N–H and O–H groups in total. The van der Waals surface area contributed by atoms with Crippen molar-refractivity contribution >= 4 is 27.0 Å². The molecule has 1 aromatic heterocycles. The van der Waals surface area contributed by atoms with Crippen molar-refractivity contribution in [1.82, 2.24) is 9.55 Å². The summed E-state index contributed by atoms with van der Waals surface area (Å²) in [5.41, 5.74) is 1.80. The van der Waals surface area contributed by atoms with E-state index in [1.165, 1.54) is 25.7 Å². The van der Waals surface area contributed by atoms with Crippen molar-refractivity contribution in [1.29, 1.82) is 0 Å². The molecule has 1 heterocycles. The summed E-state index contributed by atoms with van der Waals surface area (Å²) in [5.74, 6) is 0.779. The van der Waals surface area contributed by atoms with Crippen LogP contribution >= 0.6 is 15.9 Å². The fourth-order valence-corrected chi connectivity index (χ4v) is 3.17. The van der Waals surface area contributed by atoms with E-state index in [0.29, 0.717) is 10.5 Å². The Kier molecular flexibility index (Phi) is 2.69. The average molecular weight is 297 g/mol. The van der Waals surface area contributed by atoms with Gasteiger partial charge in [0, 0.05) is 12.1 Å². The average Bonchev–Trinajstić information content (AvgIpc) is 2.86. The van der Waals surface area contributed by atoms with Crippen LogP contribution < -0.4 is 0 Å². The van der Waals surface area contributed by atoms with Gasteiger partial charge >= 0.3 is 0 Å². The van der Waals surface area contributed by atoms with Gasteiger partial charge in [0.05, 0.1) is 15.5 Å². The predicted octanol–water partition coefficient (Wildman–Crippen LogP) is 4.36. The van der Waals surface area contributed by atoms with Crippen LogP contribution in [0.15, 0.2) is 16.6 Å². The molecule has 0 atom stereocenters. The van der Waals surface area contributed by atoms with E-state index in [1.807, 2.05) is 6.92 Å². The van der Waals surface area contributed by atoms with E-state index >= 15 is 0 Å². The molecule has 0 saturated heterocycles. The molecule has 0 bridgehead atoms. The van der Waals surface area contributed by atoms with Gasteiger partial charge in [-0.05, 0) is 41.8 Å². The van der Waals surface area contributed by atoms with Crippen LogP contribution in [0, 0.1) is 12.7 Å². The lowest BCUT2D eigenvalue weighted by Crippen LogP contribution is -2.06. The van der Waals surface area contributed by atoms with Gasteiger partial charge in [-0.2, -0.15) is 0 Å². The summed E-state index contributed by atoms with van der Waals surface area (Å²) in [5, 5.41) is 0. The van der Waals surface area contributed by atoms with Crippen molar-refractivity contribution in [2.45, 2.75) is 38.6 Å². The lowest BCUT2D eigenvalue weighted by molar-refractivity contribution is 0.519. The lowest BCUT2D eigenvalue weighted by atomic mass is 10.2. The summed E-state index contributed by atoms with van der Waals surface area (Å²) >= 11 is 3.21. The summed E-state index contributed by atoms with van der Waals surface area (Å²) in [6.45, 7) is 2.00. The highest BCUT2D eigenvalue weighted by Gasteiger charge is 2.21. The normalized spacial score (nSPS) is 17.1. The fraction of sp³-hybridized carbons (Fsp3) is 0.462. The summed E-state index contributed by atoms with van der Waals surface area (Å²) in [4.78, 5) is 4.53. The number of fused-ring (bicyclic) bond motifs is 1. The number of rotatable bonds is 1. The van der Waals surface area contributed by atoms with E-state index < -0.39 is 0 Å². The molecule has 1 saturated carbocycles. The first kappa shape index (κ1) is 11.2. The Morgan fingerprint density at radius 3 is 2.76 bits per heavy atom. The second kappa shape index (κ2) is 4.09.